The van der Waals surface area contributed by atoms with Gasteiger partial charge >= 0.3 is 0 Å². The maximum absolute atomic E-state index is 5.43. The molecule has 3 rings (SSSR count). The molecule has 104 valence electrons. The van der Waals surface area contributed by atoms with Crippen LogP contribution in [-0.2, 0) is 4.74 Å². The first-order valence-electron chi connectivity index (χ1n) is 7.48. The molecule has 2 aliphatic heterocycles. The van der Waals surface area contributed by atoms with Crippen molar-refractivity contribution in [1.29, 1.82) is 0 Å². The first-order valence-corrected chi connectivity index (χ1v) is 7.48. The van der Waals surface area contributed by atoms with Crippen LogP contribution < -0.4 is 10.2 Å². The highest BCUT2D eigenvalue weighted by Gasteiger charge is 2.30. The first kappa shape index (κ1) is 12.9. The Morgan fingerprint density at radius 3 is 2.58 bits per heavy atom. The van der Waals surface area contributed by atoms with Gasteiger partial charge in [0.2, 0.25) is 0 Å². The highest BCUT2D eigenvalue weighted by atomic mass is 16.5. The third-order valence-corrected chi connectivity index (χ3v) is 4.36. The van der Waals surface area contributed by atoms with Crippen LogP contribution in [0.25, 0.3) is 0 Å². The van der Waals surface area contributed by atoms with Gasteiger partial charge in [0.15, 0.2) is 0 Å². The van der Waals surface area contributed by atoms with Gasteiger partial charge in [0.25, 0.3) is 0 Å². The van der Waals surface area contributed by atoms with Crippen molar-refractivity contribution in [3.63, 3.8) is 0 Å². The van der Waals surface area contributed by atoms with E-state index >= 15 is 0 Å². The summed E-state index contributed by atoms with van der Waals surface area (Å²) in [5.41, 5.74) is 1.35. The van der Waals surface area contributed by atoms with Crippen LogP contribution in [0.2, 0.25) is 0 Å². The Kier molecular flexibility index (Phi) is 4.04. The highest BCUT2D eigenvalue weighted by Crippen LogP contribution is 2.25. The van der Waals surface area contributed by atoms with Crippen molar-refractivity contribution in [1.82, 2.24) is 5.32 Å². The lowest BCUT2D eigenvalue weighted by atomic mass is 10.1. The zero-order chi connectivity index (χ0) is 13.1. The molecular formula is C16H24N2O. The summed E-state index contributed by atoms with van der Waals surface area (Å²) in [5, 5.41) is 3.83. The summed E-state index contributed by atoms with van der Waals surface area (Å²) < 4.78 is 5.43. The van der Waals surface area contributed by atoms with Gasteiger partial charge in [-0.25, -0.2) is 0 Å². The highest BCUT2D eigenvalue weighted by molar-refractivity contribution is 5.48. The lowest BCUT2D eigenvalue weighted by molar-refractivity contribution is 0.0755. The second-order valence-electron chi connectivity index (χ2n) is 5.82. The summed E-state index contributed by atoms with van der Waals surface area (Å²) in [6, 6.07) is 12.7. The number of para-hydroxylation sites is 1. The van der Waals surface area contributed by atoms with Gasteiger partial charge in [-0.2, -0.15) is 0 Å². The fourth-order valence-electron chi connectivity index (χ4n) is 3.33. The Hall–Kier alpha value is -1.06. The number of anilines is 1. The molecule has 0 radical (unpaired) electrons. The molecule has 1 aromatic rings. The molecule has 2 unspecified atom stereocenters. The third-order valence-electron chi connectivity index (χ3n) is 4.36. The predicted octanol–water partition coefficient (Wildman–Crippen LogP) is 2.42. The molecule has 2 fully saturated rings. The van der Waals surface area contributed by atoms with Gasteiger partial charge in [-0.05, 0) is 38.3 Å². The predicted molar refractivity (Wildman–Crippen MR) is 78.6 cm³/mol. The average molecular weight is 260 g/mol. The van der Waals surface area contributed by atoms with Crippen molar-refractivity contribution in [2.45, 2.75) is 44.3 Å². The lowest BCUT2D eigenvalue weighted by Gasteiger charge is -2.27. The van der Waals surface area contributed by atoms with Crippen molar-refractivity contribution in [2.75, 3.05) is 24.7 Å². The largest absolute Gasteiger partial charge is 0.381 e. The summed E-state index contributed by atoms with van der Waals surface area (Å²) in [6.07, 6.45) is 3.57. The van der Waals surface area contributed by atoms with E-state index in [9.17, 15) is 0 Å². The number of nitrogens with one attached hydrogen (secondary N) is 1. The zero-order valence-electron chi connectivity index (χ0n) is 11.7. The molecule has 19 heavy (non-hydrogen) atoms. The maximum atomic E-state index is 5.43. The van der Waals surface area contributed by atoms with Gasteiger partial charge in [0, 0.05) is 43.6 Å². The fraction of sp³-hybridized carbons (Fsp3) is 0.625. The molecule has 2 atom stereocenters. The summed E-state index contributed by atoms with van der Waals surface area (Å²) in [6.45, 7) is 5.30. The van der Waals surface area contributed by atoms with E-state index in [-0.39, 0.29) is 0 Å². The number of hydrogen-bond acceptors (Lipinski definition) is 3. The van der Waals surface area contributed by atoms with E-state index in [4.69, 9.17) is 4.74 Å². The Labute approximate surface area is 115 Å². The minimum absolute atomic E-state index is 0.623. The van der Waals surface area contributed by atoms with Crippen LogP contribution in [0.4, 0.5) is 5.69 Å². The van der Waals surface area contributed by atoms with Crippen LogP contribution in [0.5, 0.6) is 0 Å². The van der Waals surface area contributed by atoms with Gasteiger partial charge < -0.3 is 15.0 Å². The lowest BCUT2D eigenvalue weighted by Crippen LogP contribution is -2.42. The van der Waals surface area contributed by atoms with Gasteiger partial charge in [-0.3, -0.25) is 0 Å². The van der Waals surface area contributed by atoms with Gasteiger partial charge in [-0.1, -0.05) is 18.2 Å². The second-order valence-corrected chi connectivity index (χ2v) is 5.82. The van der Waals surface area contributed by atoms with Crippen molar-refractivity contribution in [3.05, 3.63) is 30.3 Å². The second kappa shape index (κ2) is 5.93. The number of nitrogens with zero attached hydrogens (tertiary/aromatic N) is 1. The summed E-state index contributed by atoms with van der Waals surface area (Å²) >= 11 is 0. The molecule has 1 aromatic carbocycles. The van der Waals surface area contributed by atoms with E-state index in [0.717, 1.165) is 32.6 Å². The molecule has 3 nitrogen and oxygen atoms in total. The standard InChI is InChI=1S/C16H24N2O/c1-13-11-15(17-14-7-9-19-10-8-14)12-18(13)16-5-3-2-4-6-16/h2-6,13-15,17H,7-12H2,1H3. The number of benzene rings is 1. The minimum atomic E-state index is 0.623. The first-order chi connectivity index (χ1) is 9.33. The van der Waals surface area contributed by atoms with Gasteiger partial charge in [0.05, 0.1) is 0 Å². The maximum Gasteiger partial charge on any atom is 0.0480 e. The molecular weight excluding hydrogens is 236 g/mol. The van der Waals surface area contributed by atoms with Crippen LogP contribution in [0, 0.1) is 0 Å². The van der Waals surface area contributed by atoms with Gasteiger partial charge in [-0.15, -0.1) is 0 Å². The van der Waals surface area contributed by atoms with E-state index in [1.165, 1.54) is 12.1 Å². The third kappa shape index (κ3) is 3.10. The smallest absolute Gasteiger partial charge is 0.0480 e. The minimum Gasteiger partial charge on any atom is -0.381 e. The fourth-order valence-corrected chi connectivity index (χ4v) is 3.33. The Morgan fingerprint density at radius 2 is 1.84 bits per heavy atom. The molecule has 2 heterocycles. The Balaban J connectivity index is 1.58. The summed E-state index contributed by atoms with van der Waals surface area (Å²) in [4.78, 5) is 2.52. The van der Waals surface area contributed by atoms with E-state index in [1.54, 1.807) is 0 Å². The quantitative estimate of drug-likeness (QED) is 0.903. The molecule has 3 heteroatoms. The van der Waals surface area contributed by atoms with Crippen LogP contribution in [0.1, 0.15) is 26.2 Å². The molecule has 2 aliphatic rings. The van der Waals surface area contributed by atoms with Crippen LogP contribution in [-0.4, -0.2) is 37.9 Å². The summed E-state index contributed by atoms with van der Waals surface area (Å²) in [7, 11) is 0. The van der Waals surface area contributed by atoms with Crippen LogP contribution >= 0.6 is 0 Å². The van der Waals surface area contributed by atoms with E-state index in [2.05, 4.69) is 47.5 Å². The SMILES string of the molecule is CC1CC(NC2CCOCC2)CN1c1ccccc1. The van der Waals surface area contributed by atoms with Crippen molar-refractivity contribution in [2.24, 2.45) is 0 Å². The number of ether oxygens (including phenoxy) is 1. The van der Waals surface area contributed by atoms with Crippen LogP contribution in [0.15, 0.2) is 30.3 Å². The normalized spacial score (nSPS) is 28.8. The zero-order valence-corrected chi connectivity index (χ0v) is 11.7. The van der Waals surface area contributed by atoms with E-state index in [1.807, 2.05) is 0 Å². The van der Waals surface area contributed by atoms with Gasteiger partial charge in [0.1, 0.15) is 0 Å². The van der Waals surface area contributed by atoms with Crippen LogP contribution in [0.3, 0.4) is 0 Å². The van der Waals surface area contributed by atoms with E-state index in [0.29, 0.717) is 18.1 Å². The monoisotopic (exact) mass is 260 g/mol. The van der Waals surface area contributed by atoms with E-state index < -0.39 is 0 Å². The average Bonchev–Trinajstić information content (AvgIpc) is 2.82. The molecule has 0 aromatic heterocycles. The van der Waals surface area contributed by atoms with Crippen molar-refractivity contribution in [3.8, 4) is 0 Å². The van der Waals surface area contributed by atoms with Crippen molar-refractivity contribution < 1.29 is 4.74 Å². The molecule has 0 saturated carbocycles. The number of rotatable bonds is 3. The molecule has 0 aliphatic carbocycles. The molecule has 2 saturated heterocycles. The molecule has 0 amide bonds. The number of hydrogen-bond donors (Lipinski definition) is 1. The molecule has 0 bridgehead atoms. The molecule has 1 N–H and O–H groups in total. The Bertz CT molecular complexity index is 389. The summed E-state index contributed by atoms with van der Waals surface area (Å²) in [5.74, 6) is 0. The Morgan fingerprint density at radius 1 is 1.11 bits per heavy atom. The topological polar surface area (TPSA) is 24.5 Å². The van der Waals surface area contributed by atoms with Crippen molar-refractivity contribution >= 4 is 5.69 Å². The molecule has 0 spiro atoms.